The lowest BCUT2D eigenvalue weighted by Gasteiger charge is -1.98. The van der Waals surface area contributed by atoms with Crippen molar-refractivity contribution in [2.45, 2.75) is 13.3 Å². The highest BCUT2D eigenvalue weighted by Gasteiger charge is 1.91. The molecule has 0 spiro atoms. The molecule has 0 aliphatic heterocycles. The summed E-state index contributed by atoms with van der Waals surface area (Å²) in [5.41, 5.74) is 0. The van der Waals surface area contributed by atoms with Gasteiger partial charge in [-0.15, -0.1) is 12.4 Å². The second-order valence-electron chi connectivity index (χ2n) is 1.78. The molecule has 0 aromatic rings. The van der Waals surface area contributed by atoms with Gasteiger partial charge >= 0.3 is 6.09 Å². The lowest BCUT2D eigenvalue weighted by atomic mass is 10.5. The zero-order chi connectivity index (χ0) is 7.82. The molecule has 68 valence electrons. The van der Waals surface area contributed by atoms with Gasteiger partial charge in [0.05, 0.1) is 0 Å². The minimum absolute atomic E-state index is 0. The Morgan fingerprint density at radius 2 is 2.27 bits per heavy atom. The number of hydrogen-bond donors (Lipinski definition) is 2. The standard InChI is InChI=1S/C6H13NO2S.ClH/c1-2-10-5-3-4-7-6(8)9;/h7H,2-5H2,1H3,(H,8,9);1H. The third-order valence-corrected chi connectivity index (χ3v) is 1.93. The van der Waals surface area contributed by atoms with Crippen LogP contribution >= 0.6 is 24.2 Å². The van der Waals surface area contributed by atoms with E-state index in [1.165, 1.54) is 0 Å². The van der Waals surface area contributed by atoms with Crippen molar-refractivity contribution >= 4 is 30.3 Å². The van der Waals surface area contributed by atoms with E-state index >= 15 is 0 Å². The predicted molar refractivity (Wildman–Crippen MR) is 50.9 cm³/mol. The van der Waals surface area contributed by atoms with Crippen molar-refractivity contribution in [2.75, 3.05) is 18.1 Å². The number of rotatable bonds is 5. The molecular formula is C6H14ClNO2S. The van der Waals surface area contributed by atoms with Crippen LogP contribution < -0.4 is 5.32 Å². The summed E-state index contributed by atoms with van der Waals surface area (Å²) in [7, 11) is 0. The number of hydrogen-bond acceptors (Lipinski definition) is 2. The maximum absolute atomic E-state index is 9.91. The molecule has 2 N–H and O–H groups in total. The summed E-state index contributed by atoms with van der Waals surface area (Å²) in [6, 6.07) is 0. The van der Waals surface area contributed by atoms with Crippen LogP contribution in [-0.2, 0) is 0 Å². The van der Waals surface area contributed by atoms with Gasteiger partial charge < -0.3 is 10.4 Å². The molecule has 0 atom stereocenters. The van der Waals surface area contributed by atoms with Crippen molar-refractivity contribution in [3.63, 3.8) is 0 Å². The molecular weight excluding hydrogens is 186 g/mol. The predicted octanol–water partition coefficient (Wildman–Crippen LogP) is 1.82. The maximum Gasteiger partial charge on any atom is 0.404 e. The molecule has 11 heavy (non-hydrogen) atoms. The Morgan fingerprint density at radius 3 is 2.73 bits per heavy atom. The van der Waals surface area contributed by atoms with E-state index in [9.17, 15) is 4.79 Å². The summed E-state index contributed by atoms with van der Waals surface area (Å²) in [5.74, 6) is 2.14. The average molecular weight is 200 g/mol. The monoisotopic (exact) mass is 199 g/mol. The summed E-state index contributed by atoms with van der Waals surface area (Å²) in [6.07, 6.45) is -0.00773. The van der Waals surface area contributed by atoms with Gasteiger partial charge in [-0.25, -0.2) is 4.79 Å². The first-order valence-electron chi connectivity index (χ1n) is 3.32. The highest BCUT2D eigenvalue weighted by atomic mass is 35.5. The first kappa shape index (κ1) is 13.5. The van der Waals surface area contributed by atoms with Crippen LogP contribution in [0.4, 0.5) is 4.79 Å². The van der Waals surface area contributed by atoms with Crippen LogP contribution in [0, 0.1) is 0 Å². The van der Waals surface area contributed by atoms with Gasteiger partial charge in [0.2, 0.25) is 0 Å². The van der Waals surface area contributed by atoms with Crippen LogP contribution in [0.25, 0.3) is 0 Å². The molecule has 0 radical (unpaired) electrons. The zero-order valence-corrected chi connectivity index (χ0v) is 8.13. The van der Waals surface area contributed by atoms with Gasteiger partial charge in [0.15, 0.2) is 0 Å². The van der Waals surface area contributed by atoms with Crippen LogP contribution in [0.5, 0.6) is 0 Å². The minimum Gasteiger partial charge on any atom is -0.465 e. The van der Waals surface area contributed by atoms with E-state index in [0.717, 1.165) is 17.9 Å². The van der Waals surface area contributed by atoms with Gasteiger partial charge in [-0.3, -0.25) is 0 Å². The summed E-state index contributed by atoms with van der Waals surface area (Å²) in [5, 5.41) is 10.5. The van der Waals surface area contributed by atoms with Crippen molar-refractivity contribution in [3.05, 3.63) is 0 Å². The van der Waals surface area contributed by atoms with Crippen molar-refractivity contribution < 1.29 is 9.90 Å². The van der Waals surface area contributed by atoms with Crippen LogP contribution in [0.1, 0.15) is 13.3 Å². The lowest BCUT2D eigenvalue weighted by molar-refractivity contribution is 0.194. The topological polar surface area (TPSA) is 49.3 Å². The summed E-state index contributed by atoms with van der Waals surface area (Å²) in [6.45, 7) is 2.66. The minimum atomic E-state index is -0.929. The molecule has 0 fully saturated rings. The summed E-state index contributed by atoms with van der Waals surface area (Å²) in [4.78, 5) is 9.91. The molecule has 0 heterocycles. The van der Waals surface area contributed by atoms with Gasteiger partial charge in [0, 0.05) is 6.54 Å². The number of amides is 1. The van der Waals surface area contributed by atoms with Crippen molar-refractivity contribution in [1.29, 1.82) is 0 Å². The van der Waals surface area contributed by atoms with Crippen LogP contribution in [0.15, 0.2) is 0 Å². The Bertz CT molecular complexity index is 103. The van der Waals surface area contributed by atoms with Crippen LogP contribution in [0.2, 0.25) is 0 Å². The highest BCUT2D eigenvalue weighted by molar-refractivity contribution is 7.99. The molecule has 0 aliphatic rings. The molecule has 0 rings (SSSR count). The Kier molecular flexibility index (Phi) is 12.2. The fraction of sp³-hybridized carbons (Fsp3) is 0.833. The number of nitrogens with one attached hydrogen (secondary N) is 1. The lowest BCUT2D eigenvalue weighted by Crippen LogP contribution is -2.22. The molecule has 0 aromatic heterocycles. The average Bonchev–Trinajstić information content (AvgIpc) is 1.87. The van der Waals surface area contributed by atoms with Gasteiger partial charge in [-0.2, -0.15) is 11.8 Å². The maximum atomic E-state index is 9.91. The molecule has 0 unspecified atom stereocenters. The molecule has 5 heteroatoms. The molecule has 3 nitrogen and oxygen atoms in total. The number of carbonyl (C=O) groups is 1. The fourth-order valence-corrected chi connectivity index (χ4v) is 1.15. The largest absolute Gasteiger partial charge is 0.465 e. The third kappa shape index (κ3) is 13.0. The molecule has 0 aliphatic carbocycles. The quantitative estimate of drug-likeness (QED) is 0.665. The SMILES string of the molecule is CCSCCCNC(=O)O.Cl. The van der Waals surface area contributed by atoms with E-state index < -0.39 is 6.09 Å². The van der Waals surface area contributed by atoms with Crippen molar-refractivity contribution in [1.82, 2.24) is 5.32 Å². The van der Waals surface area contributed by atoms with Crippen LogP contribution in [-0.4, -0.2) is 29.3 Å². The van der Waals surface area contributed by atoms with E-state index in [0.29, 0.717) is 6.54 Å². The highest BCUT2D eigenvalue weighted by Crippen LogP contribution is 1.98. The first-order chi connectivity index (χ1) is 4.77. The van der Waals surface area contributed by atoms with Crippen molar-refractivity contribution in [3.8, 4) is 0 Å². The van der Waals surface area contributed by atoms with Gasteiger partial charge in [-0.05, 0) is 17.9 Å². The number of thioether (sulfide) groups is 1. The van der Waals surface area contributed by atoms with Crippen LogP contribution in [0.3, 0.4) is 0 Å². The van der Waals surface area contributed by atoms with Crippen molar-refractivity contribution in [2.24, 2.45) is 0 Å². The number of carboxylic acid groups (broad SMARTS) is 1. The molecule has 0 bridgehead atoms. The normalized spacial score (nSPS) is 8.45. The molecule has 0 aromatic carbocycles. The van der Waals surface area contributed by atoms with Gasteiger partial charge in [-0.1, -0.05) is 6.92 Å². The zero-order valence-electron chi connectivity index (χ0n) is 6.50. The summed E-state index contributed by atoms with van der Waals surface area (Å²) < 4.78 is 0. The van der Waals surface area contributed by atoms with Gasteiger partial charge in [0.25, 0.3) is 0 Å². The molecule has 1 amide bonds. The second kappa shape index (κ2) is 9.91. The third-order valence-electron chi connectivity index (χ3n) is 0.946. The van der Waals surface area contributed by atoms with E-state index in [-0.39, 0.29) is 12.4 Å². The Labute approximate surface area is 77.3 Å². The van der Waals surface area contributed by atoms with E-state index in [2.05, 4.69) is 12.2 Å². The molecule has 0 saturated heterocycles. The first-order valence-corrected chi connectivity index (χ1v) is 4.47. The van der Waals surface area contributed by atoms with Gasteiger partial charge in [0.1, 0.15) is 0 Å². The smallest absolute Gasteiger partial charge is 0.404 e. The fourth-order valence-electron chi connectivity index (χ4n) is 0.514. The Hall–Kier alpha value is -0.0900. The Balaban J connectivity index is 0. The molecule has 0 saturated carbocycles. The second-order valence-corrected chi connectivity index (χ2v) is 3.18. The van der Waals surface area contributed by atoms with E-state index in [1.807, 2.05) is 11.8 Å². The summed E-state index contributed by atoms with van der Waals surface area (Å²) >= 11 is 1.83. The van der Waals surface area contributed by atoms with E-state index in [1.54, 1.807) is 0 Å². The number of halogens is 1. The van der Waals surface area contributed by atoms with E-state index in [4.69, 9.17) is 5.11 Å². The Morgan fingerprint density at radius 1 is 1.64 bits per heavy atom.